The fourth-order valence-electron chi connectivity index (χ4n) is 1.23. The van der Waals surface area contributed by atoms with Gasteiger partial charge in [0.05, 0.1) is 6.10 Å². The van der Waals surface area contributed by atoms with Crippen molar-refractivity contribution in [3.63, 3.8) is 0 Å². The van der Waals surface area contributed by atoms with E-state index in [9.17, 15) is 5.11 Å². The molecule has 0 aliphatic heterocycles. The molecule has 1 heterocycles. The van der Waals surface area contributed by atoms with Gasteiger partial charge in [0.25, 0.3) is 0 Å². The van der Waals surface area contributed by atoms with Crippen LogP contribution in [0.25, 0.3) is 11.0 Å². The summed E-state index contributed by atoms with van der Waals surface area (Å²) in [6.45, 7) is 1.67. The third-order valence-corrected chi connectivity index (χ3v) is 2.35. The number of aliphatic hydroxyl groups excluding tert-OH is 1. The summed E-state index contributed by atoms with van der Waals surface area (Å²) in [7, 11) is 0. The number of hydrogen-bond donors (Lipinski definition) is 1. The van der Waals surface area contributed by atoms with Gasteiger partial charge in [0.1, 0.15) is 5.69 Å². The molecular formula is C9H8BrNO2. The summed E-state index contributed by atoms with van der Waals surface area (Å²) in [5.74, 6) is 0. The van der Waals surface area contributed by atoms with E-state index in [0.717, 1.165) is 9.86 Å². The Hall–Kier alpha value is -0.870. The lowest BCUT2D eigenvalue weighted by atomic mass is 10.1. The fraction of sp³-hybridized carbons (Fsp3) is 0.222. The van der Waals surface area contributed by atoms with E-state index in [-0.39, 0.29) is 0 Å². The fourth-order valence-corrected chi connectivity index (χ4v) is 1.57. The van der Waals surface area contributed by atoms with Crippen LogP contribution in [0, 0.1) is 0 Å². The Morgan fingerprint density at radius 2 is 2.31 bits per heavy atom. The van der Waals surface area contributed by atoms with Gasteiger partial charge >= 0.3 is 0 Å². The van der Waals surface area contributed by atoms with Crippen molar-refractivity contribution in [2.75, 3.05) is 0 Å². The van der Waals surface area contributed by atoms with Crippen LogP contribution in [0.3, 0.4) is 0 Å². The average molecular weight is 242 g/mol. The monoisotopic (exact) mass is 241 g/mol. The molecule has 0 saturated heterocycles. The minimum Gasteiger partial charge on any atom is -0.387 e. The normalized spacial score (nSPS) is 13.5. The second kappa shape index (κ2) is 3.12. The van der Waals surface area contributed by atoms with Gasteiger partial charge in [-0.1, -0.05) is 21.1 Å². The summed E-state index contributed by atoms with van der Waals surface area (Å²) < 4.78 is 5.99. The first kappa shape index (κ1) is 8.72. The highest BCUT2D eigenvalue weighted by Crippen LogP contribution is 2.25. The molecule has 0 bridgehead atoms. The lowest BCUT2D eigenvalue weighted by molar-refractivity contribution is 0.189. The molecule has 68 valence electrons. The highest BCUT2D eigenvalue weighted by Gasteiger charge is 2.12. The second-order valence-corrected chi connectivity index (χ2v) is 3.80. The van der Waals surface area contributed by atoms with Crippen molar-refractivity contribution in [1.29, 1.82) is 0 Å². The number of benzene rings is 1. The second-order valence-electron chi connectivity index (χ2n) is 2.88. The molecule has 13 heavy (non-hydrogen) atoms. The Morgan fingerprint density at radius 3 is 3.00 bits per heavy atom. The molecule has 0 fully saturated rings. The first-order valence-electron chi connectivity index (χ1n) is 3.91. The molecule has 3 nitrogen and oxygen atoms in total. The number of aromatic nitrogens is 1. The summed E-state index contributed by atoms with van der Waals surface area (Å²) in [4.78, 5) is 0. The number of rotatable bonds is 1. The topological polar surface area (TPSA) is 46.3 Å². The lowest BCUT2D eigenvalue weighted by Gasteiger charge is -1.97. The van der Waals surface area contributed by atoms with Crippen LogP contribution in [0.1, 0.15) is 18.7 Å². The number of fused-ring (bicyclic) bond motifs is 1. The molecule has 4 heteroatoms. The molecule has 0 radical (unpaired) electrons. The van der Waals surface area contributed by atoms with E-state index in [4.69, 9.17) is 4.52 Å². The Labute approximate surface area is 83.5 Å². The van der Waals surface area contributed by atoms with Crippen LogP contribution in [-0.2, 0) is 0 Å². The van der Waals surface area contributed by atoms with Gasteiger partial charge in [-0.15, -0.1) is 0 Å². The number of aliphatic hydroxyl groups is 1. The van der Waals surface area contributed by atoms with Crippen molar-refractivity contribution in [2.24, 2.45) is 0 Å². The van der Waals surface area contributed by atoms with Gasteiger partial charge in [0.2, 0.25) is 0 Å². The van der Waals surface area contributed by atoms with Crippen molar-refractivity contribution in [3.8, 4) is 0 Å². The van der Waals surface area contributed by atoms with Crippen molar-refractivity contribution < 1.29 is 9.63 Å². The van der Waals surface area contributed by atoms with Crippen molar-refractivity contribution >= 4 is 26.9 Å². The van der Waals surface area contributed by atoms with Crippen molar-refractivity contribution in [1.82, 2.24) is 5.16 Å². The summed E-state index contributed by atoms with van der Waals surface area (Å²) in [6.07, 6.45) is -0.595. The van der Waals surface area contributed by atoms with Gasteiger partial charge in [-0.3, -0.25) is 0 Å². The summed E-state index contributed by atoms with van der Waals surface area (Å²) in [5.41, 5.74) is 1.27. The van der Waals surface area contributed by atoms with Crippen LogP contribution >= 0.6 is 15.9 Å². The van der Waals surface area contributed by atoms with E-state index in [1.165, 1.54) is 0 Å². The first-order chi connectivity index (χ1) is 6.18. The maximum absolute atomic E-state index is 9.35. The quantitative estimate of drug-likeness (QED) is 0.836. The molecule has 2 aromatic rings. The maximum atomic E-state index is 9.35. The maximum Gasteiger partial charge on any atom is 0.168 e. The minimum atomic E-state index is -0.595. The molecule has 1 aromatic carbocycles. The van der Waals surface area contributed by atoms with E-state index in [1.54, 1.807) is 6.92 Å². The van der Waals surface area contributed by atoms with E-state index >= 15 is 0 Å². The van der Waals surface area contributed by atoms with Crippen molar-refractivity contribution in [3.05, 3.63) is 28.4 Å². The van der Waals surface area contributed by atoms with E-state index in [1.807, 2.05) is 18.2 Å². The Morgan fingerprint density at radius 1 is 1.54 bits per heavy atom. The highest BCUT2D eigenvalue weighted by atomic mass is 79.9. The number of hydrogen-bond acceptors (Lipinski definition) is 3. The van der Waals surface area contributed by atoms with Gasteiger partial charge < -0.3 is 9.63 Å². The minimum absolute atomic E-state index is 0.586. The molecule has 0 aliphatic carbocycles. The summed E-state index contributed by atoms with van der Waals surface area (Å²) in [6, 6.07) is 5.59. The molecule has 0 spiro atoms. The Balaban J connectivity index is 2.69. The molecule has 0 amide bonds. The van der Waals surface area contributed by atoms with Gasteiger partial charge in [0, 0.05) is 9.86 Å². The Bertz CT molecular complexity index is 436. The summed E-state index contributed by atoms with van der Waals surface area (Å²) >= 11 is 3.33. The van der Waals surface area contributed by atoms with E-state index in [2.05, 4.69) is 21.1 Å². The molecule has 1 unspecified atom stereocenters. The largest absolute Gasteiger partial charge is 0.387 e. The number of halogens is 1. The predicted octanol–water partition coefficient (Wildman–Crippen LogP) is 2.64. The molecule has 2 rings (SSSR count). The smallest absolute Gasteiger partial charge is 0.168 e. The van der Waals surface area contributed by atoms with Crippen LogP contribution in [0.15, 0.2) is 27.2 Å². The van der Waals surface area contributed by atoms with Crippen LogP contribution < -0.4 is 0 Å². The molecule has 0 aliphatic rings. The van der Waals surface area contributed by atoms with Gasteiger partial charge in [-0.25, -0.2) is 0 Å². The Kier molecular flexibility index (Phi) is 2.09. The van der Waals surface area contributed by atoms with E-state index < -0.39 is 6.10 Å². The van der Waals surface area contributed by atoms with Gasteiger partial charge in [-0.2, -0.15) is 0 Å². The molecule has 1 aromatic heterocycles. The van der Waals surface area contributed by atoms with Gasteiger partial charge in [0.15, 0.2) is 5.58 Å². The summed E-state index contributed by atoms with van der Waals surface area (Å²) in [5, 5.41) is 14.0. The average Bonchev–Trinajstić information content (AvgIpc) is 2.46. The van der Waals surface area contributed by atoms with Crippen LogP contribution in [0.4, 0.5) is 0 Å². The van der Waals surface area contributed by atoms with Gasteiger partial charge in [-0.05, 0) is 25.1 Å². The predicted molar refractivity (Wildman–Crippen MR) is 52.3 cm³/mol. The molecular weight excluding hydrogens is 234 g/mol. The zero-order chi connectivity index (χ0) is 9.42. The number of nitrogens with zero attached hydrogens (tertiary/aromatic N) is 1. The molecule has 1 N–H and O–H groups in total. The third kappa shape index (κ3) is 1.47. The zero-order valence-corrected chi connectivity index (χ0v) is 8.58. The molecule has 0 saturated carbocycles. The molecule has 1 atom stereocenters. The van der Waals surface area contributed by atoms with E-state index in [0.29, 0.717) is 11.3 Å². The zero-order valence-electron chi connectivity index (χ0n) is 6.99. The lowest BCUT2D eigenvalue weighted by Crippen LogP contribution is -1.90. The van der Waals surface area contributed by atoms with Crippen LogP contribution in [0.5, 0.6) is 0 Å². The van der Waals surface area contributed by atoms with Crippen LogP contribution in [-0.4, -0.2) is 10.3 Å². The standard InChI is InChI=1S/C9H8BrNO2/c1-5(12)9-7-3-2-6(10)4-8(7)13-11-9/h2-5,12H,1H3. The first-order valence-corrected chi connectivity index (χ1v) is 4.70. The highest BCUT2D eigenvalue weighted by molar-refractivity contribution is 9.10. The van der Waals surface area contributed by atoms with Crippen LogP contribution in [0.2, 0.25) is 0 Å². The third-order valence-electron chi connectivity index (χ3n) is 1.86. The van der Waals surface area contributed by atoms with Crippen molar-refractivity contribution in [2.45, 2.75) is 13.0 Å². The SMILES string of the molecule is CC(O)c1noc2cc(Br)ccc12.